The number of amides is 3. The average molecular weight is 449 g/mol. The van der Waals surface area contributed by atoms with E-state index in [4.69, 9.17) is 4.74 Å². The Hall–Kier alpha value is -3.68. The highest BCUT2D eigenvalue weighted by atomic mass is 16.5. The molecule has 0 radical (unpaired) electrons. The smallest absolute Gasteiger partial charge is 0.255 e. The molecule has 0 saturated carbocycles. The molecule has 172 valence electrons. The predicted molar refractivity (Wildman–Crippen MR) is 123 cm³/mol. The first kappa shape index (κ1) is 22.5. The van der Waals surface area contributed by atoms with Crippen molar-refractivity contribution in [2.45, 2.75) is 19.3 Å². The number of hydrogen-bond acceptors (Lipinski definition) is 5. The maximum atomic E-state index is 13.3. The number of carbonyl (C=O) groups is 3. The molecule has 1 aromatic heterocycles. The van der Waals surface area contributed by atoms with Crippen LogP contribution in [-0.4, -0.2) is 60.4 Å². The Morgan fingerprint density at radius 1 is 1.03 bits per heavy atom. The summed E-state index contributed by atoms with van der Waals surface area (Å²) in [4.78, 5) is 44.6. The molecular weight excluding hydrogens is 420 g/mol. The number of para-hydroxylation sites is 1. The van der Waals surface area contributed by atoms with Crippen molar-refractivity contribution >= 4 is 17.7 Å². The average Bonchev–Trinajstić information content (AvgIpc) is 2.86. The van der Waals surface area contributed by atoms with Gasteiger partial charge in [0.05, 0.1) is 11.0 Å². The molecule has 4 rings (SSSR count). The molecule has 1 aromatic carbocycles. The molecule has 33 heavy (non-hydrogen) atoms. The zero-order chi connectivity index (χ0) is 23.1. The molecule has 2 aliphatic heterocycles. The number of allylic oxidation sites excluding steroid dienone is 1. The molecule has 0 aliphatic carbocycles. The molecule has 8 heteroatoms. The number of carbonyl (C=O) groups excluding carboxylic acids is 3. The first-order chi connectivity index (χ1) is 16.1. The molecule has 2 aliphatic rings. The minimum Gasteiger partial charge on any atom is -0.489 e. The molecule has 1 saturated heterocycles. The number of nitrogens with one attached hydrogen (secondary N) is 2. The van der Waals surface area contributed by atoms with Crippen LogP contribution in [-0.2, 0) is 4.79 Å². The zero-order valence-corrected chi connectivity index (χ0v) is 18.5. The van der Waals surface area contributed by atoms with Gasteiger partial charge in [-0.25, -0.2) is 0 Å². The van der Waals surface area contributed by atoms with Crippen LogP contribution in [0.2, 0.25) is 0 Å². The topological polar surface area (TPSA) is 101 Å². The lowest BCUT2D eigenvalue weighted by atomic mass is 9.75. The maximum absolute atomic E-state index is 13.3. The van der Waals surface area contributed by atoms with Gasteiger partial charge in [-0.05, 0) is 43.5 Å². The summed E-state index contributed by atoms with van der Waals surface area (Å²) in [6.07, 6.45) is 8.90. The second-order valence-electron chi connectivity index (χ2n) is 8.34. The Kier molecular flexibility index (Phi) is 7.02. The fourth-order valence-corrected chi connectivity index (χ4v) is 4.36. The van der Waals surface area contributed by atoms with Gasteiger partial charge in [0.15, 0.2) is 0 Å². The Bertz CT molecular complexity index is 1040. The molecule has 0 bridgehead atoms. The van der Waals surface area contributed by atoms with Crippen LogP contribution in [0.4, 0.5) is 0 Å². The van der Waals surface area contributed by atoms with Gasteiger partial charge in [0, 0.05) is 44.1 Å². The van der Waals surface area contributed by atoms with Crippen molar-refractivity contribution in [2.75, 3.05) is 32.8 Å². The van der Waals surface area contributed by atoms with E-state index in [1.807, 2.05) is 18.2 Å². The maximum Gasteiger partial charge on any atom is 0.255 e. The third kappa shape index (κ3) is 5.22. The highest BCUT2D eigenvalue weighted by Crippen LogP contribution is 2.35. The van der Waals surface area contributed by atoms with E-state index in [1.165, 1.54) is 0 Å². The number of pyridine rings is 1. The zero-order valence-electron chi connectivity index (χ0n) is 18.5. The fraction of sp³-hybridized carbons (Fsp3) is 0.360. The molecule has 8 nitrogen and oxygen atoms in total. The van der Waals surface area contributed by atoms with Crippen LogP contribution in [0.3, 0.4) is 0 Å². The summed E-state index contributed by atoms with van der Waals surface area (Å²) in [7, 11) is 0. The van der Waals surface area contributed by atoms with Crippen molar-refractivity contribution < 1.29 is 19.1 Å². The van der Waals surface area contributed by atoms with Crippen LogP contribution in [0.25, 0.3) is 0 Å². The van der Waals surface area contributed by atoms with Crippen LogP contribution in [0.1, 0.15) is 40.0 Å². The van der Waals surface area contributed by atoms with Crippen molar-refractivity contribution in [3.05, 3.63) is 72.1 Å². The lowest BCUT2D eigenvalue weighted by molar-refractivity contribution is -0.133. The second kappa shape index (κ2) is 10.3. The molecule has 1 unspecified atom stereocenters. The minimum absolute atomic E-state index is 0.0973. The van der Waals surface area contributed by atoms with Gasteiger partial charge < -0.3 is 20.3 Å². The molecule has 1 fully saturated rings. The lowest BCUT2D eigenvalue weighted by Gasteiger charge is -2.41. The number of benzene rings is 1. The number of likely N-dealkylation sites (tertiary alicyclic amines) is 1. The van der Waals surface area contributed by atoms with E-state index in [1.54, 1.807) is 47.6 Å². The minimum atomic E-state index is -0.733. The van der Waals surface area contributed by atoms with Gasteiger partial charge in [0.2, 0.25) is 5.91 Å². The van der Waals surface area contributed by atoms with Gasteiger partial charge in [-0.15, -0.1) is 0 Å². The normalized spacial score (nSPS) is 22.8. The van der Waals surface area contributed by atoms with Crippen LogP contribution >= 0.6 is 0 Å². The predicted octanol–water partition coefficient (Wildman–Crippen LogP) is 2.19. The summed E-state index contributed by atoms with van der Waals surface area (Å²) in [6, 6.07) is 10.5. The Morgan fingerprint density at radius 3 is 2.67 bits per heavy atom. The van der Waals surface area contributed by atoms with Crippen molar-refractivity contribution in [1.29, 1.82) is 0 Å². The standard InChI is InChI=1S/C25H28N4O4/c30-22-20-6-1-2-7-21(20)33-17-4-3-10-25(24(32)28-15-14-27-22)11-5-16-29(18-25)23(31)19-8-12-26-13-9-19/h1-4,6-9,12-13H,5,10-11,14-18H2,(H,27,30)(H,28,32)/b4-3+. The van der Waals surface area contributed by atoms with Crippen LogP contribution in [0, 0.1) is 5.41 Å². The van der Waals surface area contributed by atoms with Crippen LogP contribution in [0.5, 0.6) is 5.75 Å². The van der Waals surface area contributed by atoms with Crippen LogP contribution < -0.4 is 15.4 Å². The molecule has 2 aromatic rings. The molecule has 3 amide bonds. The van der Waals surface area contributed by atoms with Crippen molar-refractivity contribution in [3.8, 4) is 5.75 Å². The quantitative estimate of drug-likeness (QED) is 0.652. The van der Waals surface area contributed by atoms with E-state index in [0.29, 0.717) is 55.9 Å². The largest absolute Gasteiger partial charge is 0.489 e. The van der Waals surface area contributed by atoms with Crippen molar-refractivity contribution in [1.82, 2.24) is 20.5 Å². The summed E-state index contributed by atoms with van der Waals surface area (Å²) in [5, 5.41) is 5.81. The first-order valence-electron chi connectivity index (χ1n) is 11.2. The molecule has 2 N–H and O–H groups in total. The third-order valence-corrected chi connectivity index (χ3v) is 6.11. The van der Waals surface area contributed by atoms with Gasteiger partial charge in [-0.1, -0.05) is 24.3 Å². The van der Waals surface area contributed by atoms with E-state index >= 15 is 0 Å². The SMILES string of the molecule is O=C1NCCNC(=O)C2(C/C=C/COc3ccccc31)CCCN(C(=O)c1ccncc1)C2. The summed E-state index contributed by atoms with van der Waals surface area (Å²) in [6.45, 7) is 1.82. The van der Waals surface area contributed by atoms with E-state index in [2.05, 4.69) is 15.6 Å². The molecule has 3 heterocycles. The third-order valence-electron chi connectivity index (χ3n) is 6.11. The Labute approximate surface area is 193 Å². The number of ether oxygens (including phenoxy) is 1. The lowest BCUT2D eigenvalue weighted by Crippen LogP contribution is -2.54. The molecule has 1 spiro atoms. The van der Waals surface area contributed by atoms with Crippen LogP contribution in [0.15, 0.2) is 60.9 Å². The number of aromatic nitrogens is 1. The number of nitrogens with zero attached hydrogens (tertiary/aromatic N) is 2. The van der Waals surface area contributed by atoms with Crippen molar-refractivity contribution in [2.24, 2.45) is 5.41 Å². The van der Waals surface area contributed by atoms with E-state index in [-0.39, 0.29) is 24.3 Å². The number of fused-ring (bicyclic) bond motifs is 1. The van der Waals surface area contributed by atoms with E-state index in [0.717, 1.165) is 6.42 Å². The number of rotatable bonds is 1. The number of piperidine rings is 1. The van der Waals surface area contributed by atoms with Gasteiger partial charge in [-0.3, -0.25) is 19.4 Å². The summed E-state index contributed by atoms with van der Waals surface area (Å²) >= 11 is 0. The van der Waals surface area contributed by atoms with E-state index < -0.39 is 5.41 Å². The summed E-state index contributed by atoms with van der Waals surface area (Å²) in [5.41, 5.74) is 0.292. The second-order valence-corrected chi connectivity index (χ2v) is 8.34. The van der Waals surface area contributed by atoms with E-state index in [9.17, 15) is 14.4 Å². The first-order valence-corrected chi connectivity index (χ1v) is 11.2. The van der Waals surface area contributed by atoms with Gasteiger partial charge in [-0.2, -0.15) is 0 Å². The van der Waals surface area contributed by atoms with Gasteiger partial charge in [0.1, 0.15) is 12.4 Å². The molecule has 1 atom stereocenters. The van der Waals surface area contributed by atoms with Gasteiger partial charge >= 0.3 is 0 Å². The Balaban J connectivity index is 1.53. The summed E-state index contributed by atoms with van der Waals surface area (Å²) in [5.74, 6) is 0.0662. The monoisotopic (exact) mass is 448 g/mol. The Morgan fingerprint density at radius 2 is 1.82 bits per heavy atom. The number of hydrogen-bond donors (Lipinski definition) is 2. The highest BCUT2D eigenvalue weighted by molar-refractivity contribution is 5.97. The fourth-order valence-electron chi connectivity index (χ4n) is 4.36. The summed E-state index contributed by atoms with van der Waals surface area (Å²) < 4.78 is 5.80. The van der Waals surface area contributed by atoms with Crippen molar-refractivity contribution in [3.63, 3.8) is 0 Å². The highest BCUT2D eigenvalue weighted by Gasteiger charge is 2.42. The molecular formula is C25H28N4O4. The van der Waals surface area contributed by atoms with Gasteiger partial charge in [0.25, 0.3) is 11.8 Å².